The highest BCUT2D eigenvalue weighted by Crippen LogP contribution is 2.37. The predicted octanol–water partition coefficient (Wildman–Crippen LogP) is 6.84. The Balaban J connectivity index is 1.87. The van der Waals surface area contributed by atoms with Crippen LogP contribution >= 0.6 is 24.0 Å². The summed E-state index contributed by atoms with van der Waals surface area (Å²) in [6.07, 6.45) is 0. The molecule has 6 heteroatoms. The molecule has 0 fully saturated rings. The van der Waals surface area contributed by atoms with Crippen LogP contribution in [0.1, 0.15) is 26.3 Å². The Bertz CT molecular complexity index is 740. The van der Waals surface area contributed by atoms with Crippen LogP contribution in [-0.2, 0) is 5.75 Å². The molecular formula is C20H26FNOS2Si. The number of hydrogen-bond donors (Lipinski definition) is 1. The zero-order valence-corrected chi connectivity index (χ0v) is 18.6. The Morgan fingerprint density at radius 3 is 2.19 bits per heavy atom. The fourth-order valence-electron chi connectivity index (χ4n) is 1.94. The molecular weight excluding hydrogens is 381 g/mol. The van der Waals surface area contributed by atoms with E-state index in [-0.39, 0.29) is 10.9 Å². The van der Waals surface area contributed by atoms with Gasteiger partial charge in [0.15, 0.2) is 0 Å². The first kappa shape index (κ1) is 20.9. The minimum Gasteiger partial charge on any atom is -0.544 e. The Morgan fingerprint density at radius 2 is 1.65 bits per heavy atom. The minimum absolute atomic E-state index is 0.180. The SMILES string of the molecule is CC(C)(C)[Si](C)(C)Oc1ccc(CSC(=S)Nc2ccc(F)cc2)cc1. The summed E-state index contributed by atoms with van der Waals surface area (Å²) in [6, 6.07) is 14.4. The van der Waals surface area contributed by atoms with Gasteiger partial charge in [0.25, 0.3) is 0 Å². The quantitative estimate of drug-likeness (QED) is 0.432. The molecule has 0 aromatic heterocycles. The molecule has 0 aliphatic carbocycles. The first-order chi connectivity index (χ1) is 12.1. The second-order valence-corrected chi connectivity index (χ2v) is 14.1. The van der Waals surface area contributed by atoms with Gasteiger partial charge in [-0.2, -0.15) is 0 Å². The van der Waals surface area contributed by atoms with Crippen molar-refractivity contribution in [3.8, 4) is 5.75 Å². The summed E-state index contributed by atoms with van der Waals surface area (Å²) < 4.78 is 19.9. The molecule has 1 N–H and O–H groups in total. The molecule has 2 nitrogen and oxygen atoms in total. The van der Waals surface area contributed by atoms with Crippen LogP contribution in [0.25, 0.3) is 0 Å². The van der Waals surface area contributed by atoms with Crippen LogP contribution in [-0.4, -0.2) is 12.6 Å². The molecule has 0 spiro atoms. The molecule has 0 amide bonds. The number of anilines is 1. The topological polar surface area (TPSA) is 21.3 Å². The second-order valence-electron chi connectivity index (χ2n) is 7.71. The van der Waals surface area contributed by atoms with Crippen molar-refractivity contribution in [1.29, 1.82) is 0 Å². The Kier molecular flexibility index (Phi) is 6.88. The van der Waals surface area contributed by atoms with Crippen LogP contribution in [0, 0.1) is 5.82 Å². The second kappa shape index (κ2) is 8.54. The van der Waals surface area contributed by atoms with Crippen LogP contribution in [0.3, 0.4) is 0 Å². The first-order valence-corrected chi connectivity index (χ1v) is 12.8. The first-order valence-electron chi connectivity index (χ1n) is 8.54. The van der Waals surface area contributed by atoms with Gasteiger partial charge in [0.05, 0.1) is 0 Å². The molecule has 140 valence electrons. The van der Waals surface area contributed by atoms with E-state index in [2.05, 4.69) is 51.3 Å². The molecule has 0 radical (unpaired) electrons. The summed E-state index contributed by atoms with van der Waals surface area (Å²) in [5, 5.41) is 3.29. The Labute approximate surface area is 166 Å². The maximum atomic E-state index is 12.9. The average molecular weight is 408 g/mol. The van der Waals surface area contributed by atoms with Crippen LogP contribution in [0.4, 0.5) is 10.1 Å². The van der Waals surface area contributed by atoms with Gasteiger partial charge in [-0.15, -0.1) is 0 Å². The lowest BCUT2D eigenvalue weighted by Gasteiger charge is -2.36. The number of hydrogen-bond acceptors (Lipinski definition) is 3. The molecule has 0 unspecified atom stereocenters. The van der Waals surface area contributed by atoms with Crippen molar-refractivity contribution in [2.45, 2.75) is 44.7 Å². The van der Waals surface area contributed by atoms with E-state index in [1.165, 1.54) is 17.7 Å². The number of benzene rings is 2. The van der Waals surface area contributed by atoms with Gasteiger partial charge in [-0.1, -0.05) is 56.9 Å². The maximum Gasteiger partial charge on any atom is 0.250 e. The lowest BCUT2D eigenvalue weighted by molar-refractivity contribution is 0.492. The molecule has 2 rings (SSSR count). The summed E-state index contributed by atoms with van der Waals surface area (Å²) in [4.78, 5) is 0. The van der Waals surface area contributed by atoms with Crippen molar-refractivity contribution in [2.24, 2.45) is 0 Å². The molecule has 0 saturated heterocycles. The van der Waals surface area contributed by atoms with Crippen LogP contribution in [0.2, 0.25) is 18.1 Å². The predicted molar refractivity (Wildman–Crippen MR) is 118 cm³/mol. The van der Waals surface area contributed by atoms with E-state index < -0.39 is 8.32 Å². The smallest absolute Gasteiger partial charge is 0.250 e. The van der Waals surface area contributed by atoms with E-state index >= 15 is 0 Å². The summed E-state index contributed by atoms with van der Waals surface area (Å²) in [5.74, 6) is 1.44. The summed E-state index contributed by atoms with van der Waals surface area (Å²) in [7, 11) is -1.81. The van der Waals surface area contributed by atoms with E-state index in [0.29, 0.717) is 4.32 Å². The van der Waals surface area contributed by atoms with Crippen molar-refractivity contribution >= 4 is 42.3 Å². The van der Waals surface area contributed by atoms with Crippen molar-refractivity contribution in [3.05, 3.63) is 59.9 Å². The summed E-state index contributed by atoms with van der Waals surface area (Å²) in [5.41, 5.74) is 1.97. The van der Waals surface area contributed by atoms with Gasteiger partial charge in [0, 0.05) is 11.4 Å². The highest BCUT2D eigenvalue weighted by atomic mass is 32.2. The molecule has 0 heterocycles. The zero-order chi connectivity index (χ0) is 19.4. The molecule has 0 saturated carbocycles. The standard InChI is InChI=1S/C20H26FNOS2Si/c1-20(2,3)26(4,5)23-18-12-6-15(7-13-18)14-25-19(24)22-17-10-8-16(21)9-11-17/h6-13H,14H2,1-5H3,(H,22,24). The van der Waals surface area contributed by atoms with Gasteiger partial charge < -0.3 is 9.74 Å². The highest BCUT2D eigenvalue weighted by Gasteiger charge is 2.38. The highest BCUT2D eigenvalue weighted by molar-refractivity contribution is 8.22. The van der Waals surface area contributed by atoms with Crippen molar-refractivity contribution in [2.75, 3.05) is 5.32 Å². The minimum atomic E-state index is -1.81. The van der Waals surface area contributed by atoms with Crippen molar-refractivity contribution in [3.63, 3.8) is 0 Å². The van der Waals surface area contributed by atoms with E-state index in [1.54, 1.807) is 23.9 Å². The number of nitrogens with one attached hydrogen (secondary N) is 1. The molecule has 26 heavy (non-hydrogen) atoms. The lowest BCUT2D eigenvalue weighted by Crippen LogP contribution is -2.43. The molecule has 0 aliphatic rings. The fraction of sp³-hybridized carbons (Fsp3) is 0.350. The van der Waals surface area contributed by atoms with Crippen LogP contribution in [0.15, 0.2) is 48.5 Å². The number of thiocarbonyl (C=S) groups is 1. The van der Waals surface area contributed by atoms with Gasteiger partial charge in [0.2, 0.25) is 8.32 Å². The van der Waals surface area contributed by atoms with Crippen molar-refractivity contribution in [1.82, 2.24) is 0 Å². The largest absolute Gasteiger partial charge is 0.544 e. The van der Waals surface area contributed by atoms with E-state index in [9.17, 15) is 4.39 Å². The third-order valence-corrected chi connectivity index (χ3v) is 10.2. The van der Waals surface area contributed by atoms with E-state index in [1.807, 2.05) is 12.1 Å². The zero-order valence-electron chi connectivity index (χ0n) is 15.9. The van der Waals surface area contributed by atoms with Crippen molar-refractivity contribution < 1.29 is 8.82 Å². The normalized spacial score (nSPS) is 11.9. The van der Waals surface area contributed by atoms with E-state index in [4.69, 9.17) is 16.6 Å². The van der Waals surface area contributed by atoms with Gasteiger partial charge in [-0.25, -0.2) is 4.39 Å². The monoisotopic (exact) mass is 407 g/mol. The van der Waals surface area contributed by atoms with Crippen LogP contribution in [0.5, 0.6) is 5.75 Å². The fourth-order valence-corrected chi connectivity index (χ4v) is 3.94. The molecule has 2 aromatic rings. The number of thioether (sulfide) groups is 1. The van der Waals surface area contributed by atoms with E-state index in [0.717, 1.165) is 17.2 Å². The Morgan fingerprint density at radius 1 is 1.08 bits per heavy atom. The maximum absolute atomic E-state index is 12.9. The van der Waals surface area contributed by atoms with Gasteiger partial charge >= 0.3 is 0 Å². The van der Waals surface area contributed by atoms with Gasteiger partial charge in [0.1, 0.15) is 15.9 Å². The molecule has 0 atom stereocenters. The third-order valence-electron chi connectivity index (χ3n) is 4.56. The molecule has 0 bridgehead atoms. The summed E-state index contributed by atoms with van der Waals surface area (Å²) in [6.45, 7) is 11.2. The van der Waals surface area contributed by atoms with Gasteiger partial charge in [-0.3, -0.25) is 0 Å². The number of halogens is 1. The average Bonchev–Trinajstić information content (AvgIpc) is 2.55. The summed E-state index contributed by atoms with van der Waals surface area (Å²) >= 11 is 6.89. The number of rotatable bonds is 5. The molecule has 0 aliphatic heterocycles. The third kappa shape index (κ3) is 6.11. The molecule has 2 aromatic carbocycles. The Hall–Kier alpha value is -1.37. The van der Waals surface area contributed by atoms with Crippen LogP contribution < -0.4 is 9.74 Å². The lowest BCUT2D eigenvalue weighted by atomic mass is 10.2. The van der Waals surface area contributed by atoms with Gasteiger partial charge in [-0.05, 0) is 60.1 Å².